The summed E-state index contributed by atoms with van der Waals surface area (Å²) in [4.78, 5) is 10.5. The molecule has 0 bridgehead atoms. The van der Waals surface area contributed by atoms with Crippen molar-refractivity contribution in [2.45, 2.75) is 6.42 Å². The quantitative estimate of drug-likeness (QED) is 0.684. The first-order valence-corrected chi connectivity index (χ1v) is 5.52. The summed E-state index contributed by atoms with van der Waals surface area (Å²) in [6.45, 7) is 1.02. The maximum Gasteiger partial charge on any atom is 0.317 e. The monoisotopic (exact) mass is 205 g/mol. The van der Waals surface area contributed by atoms with Crippen LogP contribution in [0.4, 0.5) is 0 Å². The van der Waals surface area contributed by atoms with E-state index in [0.29, 0.717) is 9.68 Å². The molecule has 1 aliphatic heterocycles. The Kier molecular flexibility index (Phi) is 2.65. The first-order chi connectivity index (χ1) is 6.75. The van der Waals surface area contributed by atoms with Gasteiger partial charge in [0.15, 0.2) is 9.68 Å². The molecule has 2 radical (unpaired) electrons. The summed E-state index contributed by atoms with van der Waals surface area (Å²) in [7, 11) is 0.509. The lowest BCUT2D eigenvalue weighted by molar-refractivity contribution is -0.137. The highest BCUT2D eigenvalue weighted by atomic mass is 28.2. The molecule has 0 aromatic heterocycles. The van der Waals surface area contributed by atoms with Crippen LogP contribution in [0.15, 0.2) is 24.3 Å². The van der Waals surface area contributed by atoms with Crippen molar-refractivity contribution in [3.8, 4) is 0 Å². The fraction of sp³-hybridized carbons (Fsp3) is 0.300. The number of benzene rings is 1. The van der Waals surface area contributed by atoms with Crippen molar-refractivity contribution >= 4 is 20.8 Å². The van der Waals surface area contributed by atoms with Crippen molar-refractivity contribution in [1.29, 1.82) is 0 Å². The predicted molar refractivity (Wildman–Crippen MR) is 54.7 cm³/mol. The average molecular weight is 205 g/mol. The van der Waals surface area contributed by atoms with Crippen LogP contribution in [-0.4, -0.2) is 38.4 Å². The normalized spacial score (nSPS) is 16.3. The first kappa shape index (κ1) is 9.42. The zero-order chi connectivity index (χ0) is 9.97. The van der Waals surface area contributed by atoms with Gasteiger partial charge in [-0.25, -0.2) is 0 Å². The van der Waals surface area contributed by atoms with E-state index in [9.17, 15) is 4.79 Å². The number of rotatable bonds is 2. The topological polar surface area (TPSA) is 40.5 Å². The lowest BCUT2D eigenvalue weighted by Gasteiger charge is -2.25. The van der Waals surface area contributed by atoms with Crippen molar-refractivity contribution in [2.24, 2.45) is 0 Å². The van der Waals surface area contributed by atoms with Crippen LogP contribution in [-0.2, 0) is 11.2 Å². The van der Waals surface area contributed by atoms with Crippen molar-refractivity contribution in [3.63, 3.8) is 0 Å². The van der Waals surface area contributed by atoms with E-state index in [2.05, 4.69) is 12.1 Å². The van der Waals surface area contributed by atoms with Crippen LogP contribution >= 0.6 is 0 Å². The van der Waals surface area contributed by atoms with Crippen LogP contribution in [0, 0.1) is 0 Å². The second kappa shape index (κ2) is 3.94. The van der Waals surface area contributed by atoms with Gasteiger partial charge < -0.3 is 9.67 Å². The zero-order valence-corrected chi connectivity index (χ0v) is 8.73. The molecular formula is C10H11NO2Si. The zero-order valence-electron chi connectivity index (χ0n) is 7.73. The molecular weight excluding hydrogens is 194 g/mol. The highest BCUT2D eigenvalue weighted by Crippen LogP contribution is 2.04. The van der Waals surface area contributed by atoms with E-state index in [-0.39, 0.29) is 6.54 Å². The Balaban J connectivity index is 2.09. The molecule has 4 heteroatoms. The van der Waals surface area contributed by atoms with Crippen LogP contribution < -0.4 is 5.19 Å². The van der Waals surface area contributed by atoms with E-state index in [1.54, 1.807) is 0 Å². The molecule has 0 atom stereocenters. The van der Waals surface area contributed by atoms with E-state index in [4.69, 9.17) is 5.11 Å². The van der Waals surface area contributed by atoms with E-state index in [1.807, 2.05) is 16.7 Å². The number of hydrogen-bond donors (Lipinski definition) is 1. The summed E-state index contributed by atoms with van der Waals surface area (Å²) in [6, 6.07) is 8.26. The van der Waals surface area contributed by atoms with E-state index >= 15 is 0 Å². The minimum Gasteiger partial charge on any atom is -0.480 e. The molecule has 3 nitrogen and oxygen atoms in total. The molecule has 0 amide bonds. The van der Waals surface area contributed by atoms with Gasteiger partial charge in [0.2, 0.25) is 0 Å². The Morgan fingerprint density at radius 3 is 3.07 bits per heavy atom. The fourth-order valence-corrected chi connectivity index (χ4v) is 2.91. The van der Waals surface area contributed by atoms with Gasteiger partial charge in [0.1, 0.15) is 0 Å². The molecule has 72 valence electrons. The molecule has 1 aliphatic rings. The van der Waals surface area contributed by atoms with Gasteiger partial charge >= 0.3 is 5.97 Å². The third kappa shape index (κ3) is 2.02. The van der Waals surface area contributed by atoms with Crippen molar-refractivity contribution in [1.82, 2.24) is 4.57 Å². The Hall–Kier alpha value is -1.13. The van der Waals surface area contributed by atoms with Gasteiger partial charge in [-0.15, -0.1) is 0 Å². The number of hydrogen-bond acceptors (Lipinski definition) is 2. The third-order valence-corrected chi connectivity index (χ3v) is 3.70. The standard InChI is InChI=1S/C10H11NO2Si/c12-10(13)7-11-6-5-8-3-1-2-4-9(8)14-11/h1-4H,5-7H2,(H,12,13). The van der Waals surface area contributed by atoms with Gasteiger partial charge in [0.25, 0.3) is 0 Å². The lowest BCUT2D eigenvalue weighted by Crippen LogP contribution is -2.45. The van der Waals surface area contributed by atoms with Crippen LogP contribution in [0.5, 0.6) is 0 Å². The Morgan fingerprint density at radius 2 is 2.29 bits per heavy atom. The predicted octanol–water partition coefficient (Wildman–Crippen LogP) is -0.126. The van der Waals surface area contributed by atoms with Gasteiger partial charge in [-0.1, -0.05) is 24.3 Å². The number of carbonyl (C=O) groups is 1. The third-order valence-electron chi connectivity index (χ3n) is 2.27. The Morgan fingerprint density at radius 1 is 1.50 bits per heavy atom. The van der Waals surface area contributed by atoms with Crippen molar-refractivity contribution < 1.29 is 9.90 Å². The highest BCUT2D eigenvalue weighted by Gasteiger charge is 2.18. The molecule has 1 heterocycles. The number of aliphatic carboxylic acids is 1. The van der Waals surface area contributed by atoms with Gasteiger partial charge in [-0.05, 0) is 23.7 Å². The van der Waals surface area contributed by atoms with Gasteiger partial charge in [0, 0.05) is 0 Å². The molecule has 0 unspecified atom stereocenters. The summed E-state index contributed by atoms with van der Waals surface area (Å²) >= 11 is 0. The number of nitrogens with zero attached hydrogens (tertiary/aromatic N) is 1. The second-order valence-electron chi connectivity index (χ2n) is 3.33. The van der Waals surface area contributed by atoms with Gasteiger partial charge in [0.05, 0.1) is 6.54 Å². The first-order valence-electron chi connectivity index (χ1n) is 4.57. The largest absolute Gasteiger partial charge is 0.480 e. The summed E-state index contributed by atoms with van der Waals surface area (Å²) in [5.41, 5.74) is 1.37. The van der Waals surface area contributed by atoms with Crippen LogP contribution in [0.2, 0.25) is 0 Å². The van der Waals surface area contributed by atoms with Crippen LogP contribution in [0.25, 0.3) is 0 Å². The molecule has 14 heavy (non-hydrogen) atoms. The molecule has 0 fully saturated rings. The van der Waals surface area contributed by atoms with E-state index in [1.165, 1.54) is 10.8 Å². The Bertz CT molecular complexity index is 354. The lowest BCUT2D eigenvalue weighted by atomic mass is 10.1. The summed E-state index contributed by atoms with van der Waals surface area (Å²) in [5, 5.41) is 9.97. The maximum atomic E-state index is 10.5. The molecule has 0 saturated carbocycles. The summed E-state index contributed by atoms with van der Waals surface area (Å²) < 4.78 is 1.99. The fourth-order valence-electron chi connectivity index (χ4n) is 1.61. The van der Waals surface area contributed by atoms with E-state index < -0.39 is 5.97 Å². The SMILES string of the molecule is O=C(O)CN1CCc2ccccc2[Si]1. The molecule has 1 aromatic carbocycles. The minimum atomic E-state index is -0.739. The molecule has 1 aromatic rings. The van der Waals surface area contributed by atoms with E-state index in [0.717, 1.165) is 13.0 Å². The van der Waals surface area contributed by atoms with Crippen LogP contribution in [0.1, 0.15) is 5.56 Å². The summed E-state index contributed by atoms with van der Waals surface area (Å²) in [5.74, 6) is -0.739. The molecule has 0 spiro atoms. The number of carboxylic acid groups (broad SMARTS) is 1. The smallest absolute Gasteiger partial charge is 0.317 e. The Labute approximate surface area is 85.3 Å². The van der Waals surface area contributed by atoms with Gasteiger partial charge in [-0.2, -0.15) is 0 Å². The molecule has 2 rings (SSSR count). The minimum absolute atomic E-state index is 0.160. The molecule has 0 aliphatic carbocycles. The summed E-state index contributed by atoms with van der Waals surface area (Å²) in [6.07, 6.45) is 0.969. The second-order valence-corrected chi connectivity index (χ2v) is 4.73. The molecule has 1 N–H and O–H groups in total. The molecule has 0 saturated heterocycles. The van der Waals surface area contributed by atoms with Crippen molar-refractivity contribution in [2.75, 3.05) is 13.1 Å². The number of fused-ring (bicyclic) bond motifs is 1. The van der Waals surface area contributed by atoms with Gasteiger partial charge in [-0.3, -0.25) is 4.79 Å². The maximum absolute atomic E-state index is 10.5. The average Bonchev–Trinajstić information content (AvgIpc) is 2.17. The van der Waals surface area contributed by atoms with Crippen LogP contribution in [0.3, 0.4) is 0 Å². The highest BCUT2D eigenvalue weighted by molar-refractivity contribution is 6.51. The van der Waals surface area contributed by atoms with Crippen molar-refractivity contribution in [3.05, 3.63) is 29.8 Å². The number of carboxylic acids is 1.